The number of aromatic nitrogens is 1. The molecule has 0 bridgehead atoms. The summed E-state index contributed by atoms with van der Waals surface area (Å²) in [5.41, 5.74) is -0.195. The summed E-state index contributed by atoms with van der Waals surface area (Å²) < 4.78 is 55.1. The van der Waals surface area contributed by atoms with Gasteiger partial charge in [0.2, 0.25) is 15.9 Å². The molecule has 15 heteroatoms. The number of anilines is 1. The first-order valence-corrected chi connectivity index (χ1v) is 12.6. The van der Waals surface area contributed by atoms with Crippen molar-refractivity contribution in [1.29, 1.82) is 0 Å². The van der Waals surface area contributed by atoms with Crippen molar-refractivity contribution in [2.24, 2.45) is 0 Å². The van der Waals surface area contributed by atoms with E-state index in [0.29, 0.717) is 0 Å². The van der Waals surface area contributed by atoms with Gasteiger partial charge < -0.3 is 15.2 Å². The zero-order chi connectivity index (χ0) is 24.3. The van der Waals surface area contributed by atoms with Crippen molar-refractivity contribution in [1.82, 2.24) is 15.2 Å². The molecular weight excluding hydrogens is 466 g/mol. The van der Waals surface area contributed by atoms with Gasteiger partial charge in [0.15, 0.2) is 15.6 Å². The number of rotatable bonds is 10. The third kappa shape index (κ3) is 6.02. The lowest BCUT2D eigenvalue weighted by Crippen LogP contribution is -2.45. The summed E-state index contributed by atoms with van der Waals surface area (Å²) in [6, 6.07) is 2.32. The number of benzene rings is 1. The number of sulfone groups is 1. The normalized spacial score (nSPS) is 12.9. The van der Waals surface area contributed by atoms with E-state index in [0.717, 1.165) is 12.3 Å². The van der Waals surface area contributed by atoms with Crippen LogP contribution in [0.5, 0.6) is 0 Å². The van der Waals surface area contributed by atoms with E-state index >= 15 is 0 Å². The highest BCUT2D eigenvalue weighted by atomic mass is 32.2. The lowest BCUT2D eigenvalue weighted by molar-refractivity contribution is -0.384. The van der Waals surface area contributed by atoms with Crippen molar-refractivity contribution in [2.75, 3.05) is 24.7 Å². The minimum absolute atomic E-state index is 0.0151. The monoisotopic (exact) mass is 489 g/mol. The Morgan fingerprint density at radius 2 is 1.88 bits per heavy atom. The Bertz CT molecular complexity index is 1220. The van der Waals surface area contributed by atoms with Crippen molar-refractivity contribution in [3.05, 3.63) is 39.8 Å². The van der Waals surface area contributed by atoms with Crippen LogP contribution in [0, 0.1) is 24.0 Å². The van der Waals surface area contributed by atoms with E-state index in [-0.39, 0.29) is 40.0 Å². The Labute approximate surface area is 184 Å². The largest absolute Gasteiger partial charge is 0.378 e. The number of nitro benzene ring substituents is 1. The molecule has 1 heterocycles. The number of sulfonamides is 1. The molecule has 32 heavy (non-hydrogen) atoms. The van der Waals surface area contributed by atoms with E-state index in [1.165, 1.54) is 32.9 Å². The molecule has 0 radical (unpaired) electrons. The number of nitrogens with zero attached hydrogens (tertiary/aromatic N) is 2. The molecule has 176 valence electrons. The van der Waals surface area contributed by atoms with Gasteiger partial charge in [-0.05, 0) is 32.9 Å². The molecule has 1 aromatic carbocycles. The molecule has 0 saturated heterocycles. The summed E-state index contributed by atoms with van der Waals surface area (Å²) in [6.45, 7) is 4.33. The van der Waals surface area contributed by atoms with E-state index in [9.17, 15) is 31.7 Å². The summed E-state index contributed by atoms with van der Waals surface area (Å²) in [4.78, 5) is 22.4. The van der Waals surface area contributed by atoms with Gasteiger partial charge in [-0.3, -0.25) is 14.9 Å². The SMILES string of the molecule is Cc1noc(C)c1S(=O)(=O)N[C@@H](C)C(=O)NCCNc1ccc(S(C)(=O)=O)cc1[N+](=O)[O-]. The number of nitro groups is 1. The molecular formula is C17H23N5O8S2. The molecule has 0 aliphatic carbocycles. The van der Waals surface area contributed by atoms with Crippen LogP contribution in [0.3, 0.4) is 0 Å². The molecule has 1 atom stereocenters. The van der Waals surface area contributed by atoms with Gasteiger partial charge in [-0.25, -0.2) is 16.8 Å². The van der Waals surface area contributed by atoms with Gasteiger partial charge in [-0.15, -0.1) is 0 Å². The lowest BCUT2D eigenvalue weighted by atomic mass is 10.2. The molecule has 0 spiro atoms. The summed E-state index contributed by atoms with van der Waals surface area (Å²) >= 11 is 0. The molecule has 2 rings (SSSR count). The van der Waals surface area contributed by atoms with Crippen LogP contribution in [-0.4, -0.2) is 58.2 Å². The molecule has 0 aliphatic heterocycles. The van der Waals surface area contributed by atoms with E-state index < -0.39 is 42.4 Å². The maximum Gasteiger partial charge on any atom is 0.293 e. The van der Waals surface area contributed by atoms with E-state index in [1.807, 2.05) is 0 Å². The van der Waals surface area contributed by atoms with Crippen LogP contribution in [0.1, 0.15) is 18.4 Å². The topological polar surface area (TPSA) is 191 Å². The summed E-state index contributed by atoms with van der Waals surface area (Å²) in [7, 11) is -7.65. The number of hydrogen-bond acceptors (Lipinski definition) is 10. The van der Waals surface area contributed by atoms with E-state index in [4.69, 9.17) is 4.52 Å². The van der Waals surface area contributed by atoms with E-state index in [1.54, 1.807) is 0 Å². The number of nitrogens with one attached hydrogen (secondary N) is 3. The quantitative estimate of drug-likeness (QED) is 0.240. The second-order valence-corrected chi connectivity index (χ2v) is 10.6. The lowest BCUT2D eigenvalue weighted by Gasteiger charge is -2.15. The zero-order valence-corrected chi connectivity index (χ0v) is 19.3. The maximum absolute atomic E-state index is 12.5. The highest BCUT2D eigenvalue weighted by Gasteiger charge is 2.28. The van der Waals surface area contributed by atoms with Crippen LogP contribution < -0.4 is 15.4 Å². The molecule has 13 nitrogen and oxygen atoms in total. The fraction of sp³-hybridized carbons (Fsp3) is 0.412. The molecule has 0 unspecified atom stereocenters. The average Bonchev–Trinajstić information content (AvgIpc) is 3.02. The number of amides is 1. The molecule has 0 fully saturated rings. The van der Waals surface area contributed by atoms with Crippen molar-refractivity contribution < 1.29 is 31.1 Å². The van der Waals surface area contributed by atoms with Crippen molar-refractivity contribution >= 4 is 37.1 Å². The number of carbonyl (C=O) groups is 1. The standard InChI is InChI=1S/C17H23N5O8S2/c1-10-16(12(3)30-20-10)32(28,29)21-11(2)17(23)19-8-7-18-14-6-5-13(31(4,26)27)9-15(14)22(24)25/h5-6,9,11,18,21H,7-8H2,1-4H3,(H,19,23)/t11-/m0/s1. The first-order valence-electron chi connectivity index (χ1n) is 9.19. The van der Waals surface area contributed by atoms with Gasteiger partial charge in [0.1, 0.15) is 16.3 Å². The van der Waals surface area contributed by atoms with E-state index in [2.05, 4.69) is 20.5 Å². The third-order valence-electron chi connectivity index (χ3n) is 4.30. The second-order valence-electron chi connectivity index (χ2n) is 6.92. The number of hydrogen-bond donors (Lipinski definition) is 3. The molecule has 1 aromatic heterocycles. The molecule has 1 amide bonds. The predicted molar refractivity (Wildman–Crippen MR) is 113 cm³/mol. The average molecular weight is 490 g/mol. The first kappa shape index (κ1) is 25.2. The highest BCUT2D eigenvalue weighted by Crippen LogP contribution is 2.27. The maximum atomic E-state index is 12.5. The van der Waals surface area contributed by atoms with Gasteiger partial charge in [0, 0.05) is 25.4 Å². The zero-order valence-electron chi connectivity index (χ0n) is 17.7. The molecule has 0 aliphatic rings. The first-order chi connectivity index (χ1) is 14.7. The van der Waals surface area contributed by atoms with Crippen molar-refractivity contribution in [2.45, 2.75) is 36.6 Å². The Morgan fingerprint density at radius 3 is 2.41 bits per heavy atom. The Kier molecular flexibility index (Phi) is 7.58. The van der Waals surface area contributed by atoms with Gasteiger partial charge in [0.05, 0.1) is 15.9 Å². The highest BCUT2D eigenvalue weighted by molar-refractivity contribution is 7.90. The minimum atomic E-state index is -4.03. The Morgan fingerprint density at radius 1 is 1.22 bits per heavy atom. The van der Waals surface area contributed by atoms with Gasteiger partial charge in [0.25, 0.3) is 5.69 Å². The van der Waals surface area contributed by atoms with Crippen LogP contribution in [0.2, 0.25) is 0 Å². The van der Waals surface area contributed by atoms with Crippen LogP contribution >= 0.6 is 0 Å². The van der Waals surface area contributed by atoms with Gasteiger partial charge in [-0.2, -0.15) is 4.72 Å². The predicted octanol–water partition coefficient (Wildman–Crippen LogP) is 0.498. The van der Waals surface area contributed by atoms with Crippen LogP contribution in [0.15, 0.2) is 32.5 Å². The van der Waals surface area contributed by atoms with Gasteiger partial charge in [-0.1, -0.05) is 5.16 Å². The fourth-order valence-electron chi connectivity index (χ4n) is 2.78. The smallest absolute Gasteiger partial charge is 0.293 e. The van der Waals surface area contributed by atoms with Crippen LogP contribution in [0.4, 0.5) is 11.4 Å². The second kappa shape index (κ2) is 9.62. The van der Waals surface area contributed by atoms with Crippen molar-refractivity contribution in [3.63, 3.8) is 0 Å². The number of carbonyl (C=O) groups excluding carboxylic acids is 1. The van der Waals surface area contributed by atoms with Crippen molar-refractivity contribution in [3.8, 4) is 0 Å². The Hall–Kier alpha value is -3.04. The summed E-state index contributed by atoms with van der Waals surface area (Å²) in [5, 5.41) is 20.1. The third-order valence-corrected chi connectivity index (χ3v) is 7.19. The van der Waals surface area contributed by atoms with Gasteiger partial charge >= 0.3 is 0 Å². The molecule has 2 aromatic rings. The minimum Gasteiger partial charge on any atom is -0.378 e. The Balaban J connectivity index is 1.95. The van der Waals surface area contributed by atoms with Crippen LogP contribution in [0.25, 0.3) is 0 Å². The molecule has 3 N–H and O–H groups in total. The molecule has 0 saturated carbocycles. The van der Waals surface area contributed by atoms with Crippen LogP contribution in [-0.2, 0) is 24.7 Å². The number of aryl methyl sites for hydroxylation is 2. The summed E-state index contributed by atoms with van der Waals surface area (Å²) in [6.07, 6.45) is 0.940. The summed E-state index contributed by atoms with van der Waals surface area (Å²) in [5.74, 6) is -0.528. The fourth-order valence-corrected chi connectivity index (χ4v) is 4.96.